The molecule has 0 aliphatic heterocycles. The molecule has 0 saturated carbocycles. The number of H-pyrrole nitrogens is 2. The predicted octanol–water partition coefficient (Wildman–Crippen LogP) is 6.59. The van der Waals surface area contributed by atoms with E-state index in [1.54, 1.807) is 12.1 Å². The zero-order valence-corrected chi connectivity index (χ0v) is 22.5. The third-order valence-corrected chi connectivity index (χ3v) is 7.39. The van der Waals surface area contributed by atoms with Crippen LogP contribution in [0.2, 0.25) is 15.2 Å². The number of hydrogen-bond acceptors (Lipinski definition) is 4. The highest BCUT2D eigenvalue weighted by Gasteiger charge is 2.22. The number of benzene rings is 3. The molecule has 8 nitrogen and oxygen atoms in total. The number of hydrogen-bond donors (Lipinski definition) is 5. The number of amides is 2. The molecule has 0 radical (unpaired) electrons. The molecule has 0 saturated heterocycles. The van der Waals surface area contributed by atoms with E-state index in [9.17, 15) is 4.79 Å². The molecular formula is C27H24Cl3N7O. The monoisotopic (exact) mass is 567 g/mol. The third-order valence-electron chi connectivity index (χ3n) is 6.27. The van der Waals surface area contributed by atoms with Crippen molar-refractivity contribution in [3.63, 3.8) is 0 Å². The Morgan fingerprint density at radius 1 is 1.08 bits per heavy atom. The number of nitrogen functional groups attached to an aromatic ring is 1. The van der Waals surface area contributed by atoms with Crippen LogP contribution < -0.4 is 16.4 Å². The minimum Gasteiger partial charge on any atom is -0.398 e. The van der Waals surface area contributed by atoms with Gasteiger partial charge in [-0.1, -0.05) is 77.3 Å². The number of nitrogens with two attached hydrogens (primary N) is 1. The van der Waals surface area contributed by atoms with E-state index in [1.165, 1.54) is 0 Å². The Labute approximate surface area is 233 Å². The van der Waals surface area contributed by atoms with Gasteiger partial charge in [-0.05, 0) is 37.1 Å². The quantitative estimate of drug-likeness (QED) is 0.142. The molecule has 5 aromatic rings. The third kappa shape index (κ3) is 5.43. The standard InChI is InChI=1S/C27H24Cl3N7O/c1-14-17-8-7-16(12-21(17)37-36-14)24-25(30)35-26(34-24)22(11-15-5-3-2-4-6-15)33-27(38)32-13-18-20(31)10-9-19(28)23(18)29/h2-10,12,22H,11,13,31H2,1H3,(H,34,35)(H,36,37)(H2,32,33,38)/t22-/m0/s1. The number of urea groups is 1. The number of carbonyl (C=O) groups excluding carboxylic acids is 1. The number of aromatic amines is 2. The summed E-state index contributed by atoms with van der Waals surface area (Å²) in [5.41, 5.74) is 11.2. The van der Waals surface area contributed by atoms with Gasteiger partial charge in [0.25, 0.3) is 0 Å². The van der Waals surface area contributed by atoms with Crippen LogP contribution in [0.15, 0.2) is 60.7 Å². The summed E-state index contributed by atoms with van der Waals surface area (Å²) in [5, 5.41) is 15.2. The van der Waals surface area contributed by atoms with Crippen molar-refractivity contribution in [1.29, 1.82) is 0 Å². The highest BCUT2D eigenvalue weighted by Crippen LogP contribution is 2.32. The van der Waals surface area contributed by atoms with Gasteiger partial charge in [-0.3, -0.25) is 5.10 Å². The molecule has 3 aromatic carbocycles. The topological polar surface area (TPSA) is 125 Å². The maximum Gasteiger partial charge on any atom is 0.315 e. The first-order valence-electron chi connectivity index (χ1n) is 11.8. The number of halogens is 3. The van der Waals surface area contributed by atoms with Gasteiger partial charge < -0.3 is 21.4 Å². The van der Waals surface area contributed by atoms with Crippen LogP contribution in [0.5, 0.6) is 0 Å². The zero-order chi connectivity index (χ0) is 26.8. The van der Waals surface area contributed by atoms with E-state index in [0.29, 0.717) is 44.4 Å². The van der Waals surface area contributed by atoms with Crippen molar-refractivity contribution < 1.29 is 4.79 Å². The van der Waals surface area contributed by atoms with Crippen molar-refractivity contribution >= 4 is 57.4 Å². The summed E-state index contributed by atoms with van der Waals surface area (Å²) in [6.45, 7) is 2.07. The number of nitrogens with one attached hydrogen (secondary N) is 4. The van der Waals surface area contributed by atoms with Gasteiger partial charge in [0.2, 0.25) is 0 Å². The van der Waals surface area contributed by atoms with Gasteiger partial charge in [0.1, 0.15) is 16.7 Å². The lowest BCUT2D eigenvalue weighted by Gasteiger charge is -2.18. The Kier molecular flexibility index (Phi) is 7.46. The lowest BCUT2D eigenvalue weighted by molar-refractivity contribution is 0.236. The van der Waals surface area contributed by atoms with Gasteiger partial charge >= 0.3 is 6.03 Å². The van der Waals surface area contributed by atoms with Crippen molar-refractivity contribution in [3.05, 3.63) is 98.5 Å². The molecule has 0 aliphatic carbocycles. The number of anilines is 1. The van der Waals surface area contributed by atoms with Crippen LogP contribution in [0.3, 0.4) is 0 Å². The highest BCUT2D eigenvalue weighted by molar-refractivity contribution is 6.42. The highest BCUT2D eigenvalue weighted by atomic mass is 35.5. The van der Waals surface area contributed by atoms with Crippen LogP contribution in [0.25, 0.3) is 22.2 Å². The molecule has 2 amide bonds. The van der Waals surface area contributed by atoms with Crippen molar-refractivity contribution in [1.82, 2.24) is 30.8 Å². The molecule has 5 rings (SSSR count). The second-order valence-electron chi connectivity index (χ2n) is 8.86. The van der Waals surface area contributed by atoms with E-state index in [4.69, 9.17) is 45.5 Å². The lowest BCUT2D eigenvalue weighted by Crippen LogP contribution is -2.39. The van der Waals surface area contributed by atoms with Crippen LogP contribution >= 0.6 is 34.8 Å². The number of imidazole rings is 1. The zero-order valence-electron chi connectivity index (χ0n) is 20.3. The molecule has 0 fully saturated rings. The van der Waals surface area contributed by atoms with Crippen molar-refractivity contribution in [2.45, 2.75) is 25.9 Å². The smallest absolute Gasteiger partial charge is 0.315 e. The average molecular weight is 569 g/mol. The Balaban J connectivity index is 1.40. The summed E-state index contributed by atoms with van der Waals surface area (Å²) in [4.78, 5) is 20.9. The molecule has 0 unspecified atom stereocenters. The first-order valence-corrected chi connectivity index (χ1v) is 12.9. The predicted molar refractivity (Wildman–Crippen MR) is 153 cm³/mol. The summed E-state index contributed by atoms with van der Waals surface area (Å²) >= 11 is 19.0. The summed E-state index contributed by atoms with van der Waals surface area (Å²) in [6, 6.07) is 18.0. The fourth-order valence-electron chi connectivity index (χ4n) is 4.25. The number of carbonyl (C=O) groups is 1. The van der Waals surface area contributed by atoms with Crippen molar-refractivity contribution in [2.24, 2.45) is 0 Å². The molecule has 0 spiro atoms. The first-order chi connectivity index (χ1) is 18.3. The average Bonchev–Trinajstić information content (AvgIpc) is 3.48. The number of aromatic nitrogens is 4. The molecule has 194 valence electrons. The summed E-state index contributed by atoms with van der Waals surface area (Å²) in [7, 11) is 0. The Bertz CT molecular complexity index is 1610. The second-order valence-corrected chi connectivity index (χ2v) is 10.0. The Morgan fingerprint density at radius 3 is 2.66 bits per heavy atom. The summed E-state index contributed by atoms with van der Waals surface area (Å²) in [6.07, 6.45) is 0.481. The molecule has 6 N–H and O–H groups in total. The van der Waals surface area contributed by atoms with Crippen LogP contribution in [0, 0.1) is 6.92 Å². The van der Waals surface area contributed by atoms with Crippen LogP contribution in [0.4, 0.5) is 10.5 Å². The van der Waals surface area contributed by atoms with Crippen molar-refractivity contribution in [2.75, 3.05) is 5.73 Å². The van der Waals surface area contributed by atoms with Crippen LogP contribution in [-0.2, 0) is 13.0 Å². The Hall–Kier alpha value is -3.72. The number of nitrogens with zero attached hydrogens (tertiary/aromatic N) is 2. The summed E-state index contributed by atoms with van der Waals surface area (Å²) in [5.74, 6) is 0.516. The van der Waals surface area contributed by atoms with Gasteiger partial charge in [0.05, 0.1) is 21.6 Å². The van der Waals surface area contributed by atoms with Gasteiger partial charge in [-0.2, -0.15) is 5.10 Å². The van der Waals surface area contributed by atoms with E-state index in [1.807, 2.05) is 55.5 Å². The minimum absolute atomic E-state index is 0.0996. The minimum atomic E-state index is -0.507. The van der Waals surface area contributed by atoms with Crippen molar-refractivity contribution in [3.8, 4) is 11.3 Å². The lowest BCUT2D eigenvalue weighted by atomic mass is 10.1. The van der Waals surface area contributed by atoms with Gasteiger partial charge in [0.15, 0.2) is 0 Å². The van der Waals surface area contributed by atoms with Crippen LogP contribution in [0.1, 0.15) is 28.7 Å². The molecule has 11 heteroatoms. The molecule has 0 bridgehead atoms. The second kappa shape index (κ2) is 10.9. The van der Waals surface area contributed by atoms with Gasteiger partial charge in [-0.15, -0.1) is 0 Å². The normalized spacial score (nSPS) is 12.0. The van der Waals surface area contributed by atoms with E-state index < -0.39 is 12.1 Å². The number of fused-ring (bicyclic) bond motifs is 1. The summed E-state index contributed by atoms with van der Waals surface area (Å²) < 4.78 is 0. The molecular weight excluding hydrogens is 545 g/mol. The fourth-order valence-corrected chi connectivity index (χ4v) is 4.91. The van der Waals surface area contributed by atoms with E-state index >= 15 is 0 Å². The molecule has 38 heavy (non-hydrogen) atoms. The Morgan fingerprint density at radius 2 is 1.87 bits per heavy atom. The van der Waals surface area contributed by atoms with Gasteiger partial charge in [-0.25, -0.2) is 9.78 Å². The number of rotatable bonds is 7. The molecule has 2 aromatic heterocycles. The molecule has 0 aliphatic rings. The SMILES string of the molecule is Cc1[nH]nc2cc(-c3nc([C@H](Cc4ccccc4)NC(=O)NCc4c(N)ccc(Cl)c4Cl)[nH]c3Cl)ccc12. The number of aryl methyl sites for hydroxylation is 1. The first kappa shape index (κ1) is 25.9. The largest absolute Gasteiger partial charge is 0.398 e. The van der Waals surface area contributed by atoms with E-state index in [0.717, 1.165) is 27.7 Å². The maximum absolute atomic E-state index is 13.0. The van der Waals surface area contributed by atoms with E-state index in [-0.39, 0.29) is 6.54 Å². The van der Waals surface area contributed by atoms with Gasteiger partial charge in [0, 0.05) is 34.4 Å². The fraction of sp³-hybridized carbons (Fsp3) is 0.148. The van der Waals surface area contributed by atoms with E-state index in [2.05, 4.69) is 25.8 Å². The molecule has 1 atom stereocenters. The maximum atomic E-state index is 13.0. The molecule has 2 heterocycles. The van der Waals surface area contributed by atoms with Crippen LogP contribution in [-0.4, -0.2) is 26.2 Å².